The van der Waals surface area contributed by atoms with Crippen LogP contribution < -0.4 is 16.0 Å². The average Bonchev–Trinajstić information content (AvgIpc) is 2.76. The van der Waals surface area contributed by atoms with Crippen LogP contribution in [0.15, 0.2) is 48.5 Å². The van der Waals surface area contributed by atoms with Crippen molar-refractivity contribution in [1.29, 1.82) is 0 Å². The predicted molar refractivity (Wildman–Crippen MR) is 115 cm³/mol. The van der Waals surface area contributed by atoms with E-state index in [2.05, 4.69) is 16.0 Å². The molecule has 0 unspecified atom stereocenters. The van der Waals surface area contributed by atoms with Gasteiger partial charge < -0.3 is 25.4 Å². The SMILES string of the molecule is CCCOC(=O)c1ccc(NCC(=O)Nc2cccc(C(=O)NCCOC)c2)cc1. The zero-order valence-corrected chi connectivity index (χ0v) is 17.2. The van der Waals surface area contributed by atoms with E-state index in [4.69, 9.17) is 9.47 Å². The van der Waals surface area contributed by atoms with Gasteiger partial charge in [-0.25, -0.2) is 4.79 Å². The zero-order chi connectivity index (χ0) is 21.8. The van der Waals surface area contributed by atoms with Gasteiger partial charge in [-0.05, 0) is 48.9 Å². The van der Waals surface area contributed by atoms with E-state index in [0.717, 1.165) is 6.42 Å². The Labute approximate surface area is 175 Å². The van der Waals surface area contributed by atoms with Crippen molar-refractivity contribution in [2.75, 3.05) is 44.0 Å². The van der Waals surface area contributed by atoms with Crippen LogP contribution in [0.2, 0.25) is 0 Å². The van der Waals surface area contributed by atoms with Crippen LogP contribution >= 0.6 is 0 Å². The molecular formula is C22H27N3O5. The van der Waals surface area contributed by atoms with Crippen LogP contribution in [0.1, 0.15) is 34.1 Å². The van der Waals surface area contributed by atoms with Crippen LogP contribution in [-0.4, -0.2) is 51.2 Å². The highest BCUT2D eigenvalue weighted by Crippen LogP contribution is 2.12. The first kappa shape index (κ1) is 22.9. The Balaban J connectivity index is 1.84. The maximum atomic E-state index is 12.2. The van der Waals surface area contributed by atoms with Gasteiger partial charge in [0.2, 0.25) is 5.91 Å². The summed E-state index contributed by atoms with van der Waals surface area (Å²) in [5.74, 6) is -0.871. The molecule has 0 radical (unpaired) electrons. The van der Waals surface area contributed by atoms with Crippen molar-refractivity contribution in [1.82, 2.24) is 5.32 Å². The first-order valence-corrected chi connectivity index (χ1v) is 9.71. The Hall–Kier alpha value is -3.39. The van der Waals surface area contributed by atoms with E-state index in [1.807, 2.05) is 6.92 Å². The number of rotatable bonds is 11. The summed E-state index contributed by atoms with van der Waals surface area (Å²) in [5.41, 5.74) is 2.13. The fourth-order valence-corrected chi connectivity index (χ4v) is 2.50. The predicted octanol–water partition coefficient (Wildman–Crippen LogP) is 2.68. The highest BCUT2D eigenvalue weighted by atomic mass is 16.5. The molecule has 0 heterocycles. The number of hydrogen-bond donors (Lipinski definition) is 3. The second-order valence-corrected chi connectivity index (χ2v) is 6.44. The fourth-order valence-electron chi connectivity index (χ4n) is 2.50. The summed E-state index contributed by atoms with van der Waals surface area (Å²) in [6, 6.07) is 13.4. The van der Waals surface area contributed by atoms with Gasteiger partial charge in [0.25, 0.3) is 5.91 Å². The molecule has 0 saturated carbocycles. The molecule has 160 valence electrons. The average molecular weight is 413 g/mol. The van der Waals surface area contributed by atoms with E-state index in [-0.39, 0.29) is 24.3 Å². The molecule has 2 rings (SSSR count). The molecule has 0 aliphatic rings. The van der Waals surface area contributed by atoms with Gasteiger partial charge in [-0.1, -0.05) is 13.0 Å². The number of carbonyl (C=O) groups excluding carboxylic acids is 3. The van der Waals surface area contributed by atoms with Crippen molar-refractivity contribution in [3.63, 3.8) is 0 Å². The topological polar surface area (TPSA) is 106 Å². The number of anilines is 2. The third-order valence-electron chi connectivity index (χ3n) is 4.01. The molecule has 2 aromatic rings. The monoisotopic (exact) mass is 413 g/mol. The van der Waals surface area contributed by atoms with Crippen LogP contribution in [-0.2, 0) is 14.3 Å². The molecule has 8 nitrogen and oxygen atoms in total. The molecule has 0 fully saturated rings. The van der Waals surface area contributed by atoms with Crippen molar-refractivity contribution in [2.24, 2.45) is 0 Å². The van der Waals surface area contributed by atoms with Crippen molar-refractivity contribution >= 4 is 29.2 Å². The first-order valence-electron chi connectivity index (χ1n) is 9.71. The summed E-state index contributed by atoms with van der Waals surface area (Å²) in [6.07, 6.45) is 0.766. The van der Waals surface area contributed by atoms with Gasteiger partial charge in [-0.15, -0.1) is 0 Å². The van der Waals surface area contributed by atoms with Crippen LogP contribution in [0.4, 0.5) is 11.4 Å². The molecule has 8 heteroatoms. The van der Waals surface area contributed by atoms with Gasteiger partial charge in [-0.2, -0.15) is 0 Å². The van der Waals surface area contributed by atoms with E-state index < -0.39 is 0 Å². The Morgan fingerprint density at radius 1 is 0.933 bits per heavy atom. The lowest BCUT2D eigenvalue weighted by atomic mass is 10.2. The summed E-state index contributed by atoms with van der Waals surface area (Å²) in [5, 5.41) is 8.46. The number of hydrogen-bond acceptors (Lipinski definition) is 6. The quantitative estimate of drug-likeness (QED) is 0.386. The van der Waals surface area contributed by atoms with Gasteiger partial charge in [0.05, 0.1) is 25.3 Å². The molecule has 0 spiro atoms. The summed E-state index contributed by atoms with van der Waals surface area (Å²) in [4.78, 5) is 36.1. The lowest BCUT2D eigenvalue weighted by molar-refractivity contribution is -0.114. The van der Waals surface area contributed by atoms with Gasteiger partial charge in [0, 0.05) is 30.6 Å². The molecule has 0 aliphatic carbocycles. The molecular weight excluding hydrogens is 386 g/mol. The van der Waals surface area contributed by atoms with E-state index >= 15 is 0 Å². The molecule has 2 aromatic carbocycles. The van der Waals surface area contributed by atoms with Crippen molar-refractivity contribution in [3.8, 4) is 0 Å². The maximum absolute atomic E-state index is 12.2. The van der Waals surface area contributed by atoms with Crippen LogP contribution in [0.5, 0.6) is 0 Å². The minimum atomic E-state index is -0.368. The Morgan fingerprint density at radius 2 is 1.70 bits per heavy atom. The van der Waals surface area contributed by atoms with E-state index in [9.17, 15) is 14.4 Å². The number of methoxy groups -OCH3 is 1. The minimum absolute atomic E-state index is 0.0316. The Kier molecular flexibility index (Phi) is 9.33. The highest BCUT2D eigenvalue weighted by molar-refractivity contribution is 5.98. The largest absolute Gasteiger partial charge is 0.462 e. The molecule has 2 amide bonds. The lowest BCUT2D eigenvalue weighted by Gasteiger charge is -2.10. The molecule has 3 N–H and O–H groups in total. The molecule has 0 saturated heterocycles. The molecule has 0 bridgehead atoms. The van der Waals surface area contributed by atoms with Crippen LogP contribution in [0.3, 0.4) is 0 Å². The molecule has 30 heavy (non-hydrogen) atoms. The third kappa shape index (κ3) is 7.56. The summed E-state index contributed by atoms with van der Waals surface area (Å²) < 4.78 is 9.98. The van der Waals surface area contributed by atoms with Gasteiger partial charge >= 0.3 is 5.97 Å². The van der Waals surface area contributed by atoms with Gasteiger partial charge in [0.1, 0.15) is 0 Å². The first-order chi connectivity index (χ1) is 14.5. The number of esters is 1. The third-order valence-corrected chi connectivity index (χ3v) is 4.01. The lowest BCUT2D eigenvalue weighted by Crippen LogP contribution is -2.27. The highest BCUT2D eigenvalue weighted by Gasteiger charge is 2.09. The van der Waals surface area contributed by atoms with E-state index in [0.29, 0.717) is 42.3 Å². The number of nitrogens with one attached hydrogen (secondary N) is 3. The second-order valence-electron chi connectivity index (χ2n) is 6.44. The molecule has 0 atom stereocenters. The van der Waals surface area contributed by atoms with Crippen LogP contribution in [0, 0.1) is 0 Å². The zero-order valence-electron chi connectivity index (χ0n) is 17.2. The normalized spacial score (nSPS) is 10.2. The van der Waals surface area contributed by atoms with E-state index in [1.165, 1.54) is 0 Å². The molecule has 0 aromatic heterocycles. The van der Waals surface area contributed by atoms with Gasteiger partial charge in [0.15, 0.2) is 0 Å². The van der Waals surface area contributed by atoms with E-state index in [1.54, 1.807) is 55.6 Å². The number of carbonyl (C=O) groups is 3. The number of ether oxygens (including phenoxy) is 2. The molecule has 0 aliphatic heterocycles. The van der Waals surface area contributed by atoms with Crippen molar-refractivity contribution in [2.45, 2.75) is 13.3 Å². The smallest absolute Gasteiger partial charge is 0.338 e. The Bertz CT molecular complexity index is 852. The minimum Gasteiger partial charge on any atom is -0.462 e. The van der Waals surface area contributed by atoms with Crippen molar-refractivity contribution in [3.05, 3.63) is 59.7 Å². The Morgan fingerprint density at radius 3 is 2.40 bits per heavy atom. The van der Waals surface area contributed by atoms with Crippen LogP contribution in [0.25, 0.3) is 0 Å². The number of benzene rings is 2. The second kappa shape index (κ2) is 12.2. The number of amides is 2. The van der Waals surface area contributed by atoms with Crippen molar-refractivity contribution < 1.29 is 23.9 Å². The summed E-state index contributed by atoms with van der Waals surface area (Å²) >= 11 is 0. The standard InChI is InChI=1S/C22H27N3O5/c1-3-12-30-22(28)16-7-9-18(10-8-16)24-15-20(26)25-19-6-4-5-17(14-19)21(27)23-11-13-29-2/h4-10,14,24H,3,11-13,15H2,1-2H3,(H,23,27)(H,25,26). The van der Waals surface area contributed by atoms with Gasteiger partial charge in [-0.3, -0.25) is 9.59 Å². The summed E-state index contributed by atoms with van der Waals surface area (Å²) in [6.45, 7) is 3.18. The fraction of sp³-hybridized carbons (Fsp3) is 0.318. The maximum Gasteiger partial charge on any atom is 0.338 e. The summed E-state index contributed by atoms with van der Waals surface area (Å²) in [7, 11) is 1.56.